The molecule has 0 saturated carbocycles. The topological polar surface area (TPSA) is 45.5 Å². The fraction of sp³-hybridized carbons (Fsp3) is 0.267. The molecule has 2 rings (SSSR count). The van der Waals surface area contributed by atoms with Crippen LogP contribution in [0.5, 0.6) is 0 Å². The quantitative estimate of drug-likeness (QED) is 0.916. The van der Waals surface area contributed by atoms with E-state index in [4.69, 9.17) is 4.42 Å². The largest absolute Gasteiger partial charge is 0.469 e. The highest BCUT2D eigenvalue weighted by Crippen LogP contribution is 2.13. The zero-order valence-corrected chi connectivity index (χ0v) is 11.4. The van der Waals surface area contributed by atoms with Gasteiger partial charge in [0.1, 0.15) is 5.76 Å². The Morgan fingerprint density at radius 3 is 2.42 bits per heavy atom. The minimum absolute atomic E-state index is 0.108. The number of benzene rings is 1. The summed E-state index contributed by atoms with van der Waals surface area (Å²) in [4.78, 5) is 13.9. The first-order valence-corrected chi connectivity index (χ1v) is 6.16. The molecule has 0 aliphatic carbocycles. The molecular formula is C15H18N2O2. The van der Waals surface area contributed by atoms with Crippen molar-refractivity contribution in [1.82, 2.24) is 5.32 Å². The summed E-state index contributed by atoms with van der Waals surface area (Å²) in [5, 5.41) is 2.88. The lowest BCUT2D eigenvalue weighted by Gasteiger charge is -2.12. The standard InChI is InChI=1S/C15H18N2O2/c1-11-14(8-9-19-11)15(18)16-10-12-4-6-13(7-5-12)17(2)3/h4-9H,10H2,1-3H3,(H,16,18). The number of carbonyl (C=O) groups is 1. The Kier molecular flexibility index (Phi) is 3.90. The van der Waals surface area contributed by atoms with Gasteiger partial charge in [-0.3, -0.25) is 4.79 Å². The van der Waals surface area contributed by atoms with E-state index in [9.17, 15) is 4.79 Å². The number of hydrogen-bond acceptors (Lipinski definition) is 3. The summed E-state index contributed by atoms with van der Waals surface area (Å²) in [5.74, 6) is 0.531. The van der Waals surface area contributed by atoms with Crippen molar-refractivity contribution >= 4 is 11.6 Å². The number of carbonyl (C=O) groups excluding carboxylic acids is 1. The Morgan fingerprint density at radius 1 is 1.21 bits per heavy atom. The molecule has 1 amide bonds. The van der Waals surface area contributed by atoms with Crippen molar-refractivity contribution in [3.63, 3.8) is 0 Å². The van der Waals surface area contributed by atoms with E-state index in [1.165, 1.54) is 6.26 Å². The van der Waals surface area contributed by atoms with Crippen LogP contribution >= 0.6 is 0 Å². The van der Waals surface area contributed by atoms with Gasteiger partial charge >= 0.3 is 0 Å². The van der Waals surface area contributed by atoms with E-state index in [0.29, 0.717) is 17.9 Å². The van der Waals surface area contributed by atoms with E-state index in [1.54, 1.807) is 13.0 Å². The van der Waals surface area contributed by atoms with Gasteiger partial charge in [-0.25, -0.2) is 0 Å². The molecule has 19 heavy (non-hydrogen) atoms. The third-order valence-corrected chi connectivity index (χ3v) is 3.01. The average molecular weight is 258 g/mol. The summed E-state index contributed by atoms with van der Waals surface area (Å²) in [6.45, 7) is 2.29. The maximum atomic E-state index is 11.9. The first kappa shape index (κ1) is 13.2. The molecule has 2 aromatic rings. The molecule has 0 aliphatic rings. The van der Waals surface area contributed by atoms with E-state index >= 15 is 0 Å². The zero-order valence-electron chi connectivity index (χ0n) is 11.4. The summed E-state index contributed by atoms with van der Waals surface area (Å²) in [5.41, 5.74) is 2.80. The van der Waals surface area contributed by atoms with Gasteiger partial charge in [0, 0.05) is 26.3 Å². The summed E-state index contributed by atoms with van der Waals surface area (Å²) < 4.78 is 5.11. The maximum Gasteiger partial charge on any atom is 0.255 e. The van der Waals surface area contributed by atoms with Gasteiger partial charge in [-0.05, 0) is 30.7 Å². The summed E-state index contributed by atoms with van der Waals surface area (Å²) in [7, 11) is 4.00. The highest BCUT2D eigenvalue weighted by atomic mass is 16.3. The van der Waals surface area contributed by atoms with Crippen LogP contribution in [0.2, 0.25) is 0 Å². The van der Waals surface area contributed by atoms with Crippen molar-refractivity contribution in [1.29, 1.82) is 0 Å². The normalized spacial score (nSPS) is 10.3. The molecule has 1 aromatic carbocycles. The van der Waals surface area contributed by atoms with Crippen LogP contribution in [0, 0.1) is 6.92 Å². The van der Waals surface area contributed by atoms with Crippen molar-refractivity contribution < 1.29 is 9.21 Å². The van der Waals surface area contributed by atoms with Gasteiger partial charge in [-0.15, -0.1) is 0 Å². The Labute approximate surface area is 113 Å². The van der Waals surface area contributed by atoms with Crippen molar-refractivity contribution in [2.45, 2.75) is 13.5 Å². The highest BCUT2D eigenvalue weighted by molar-refractivity contribution is 5.94. The van der Waals surface area contributed by atoms with Gasteiger partial charge in [-0.1, -0.05) is 12.1 Å². The number of anilines is 1. The van der Waals surface area contributed by atoms with E-state index in [2.05, 4.69) is 5.32 Å². The second kappa shape index (κ2) is 5.61. The van der Waals surface area contributed by atoms with Crippen LogP contribution in [0.1, 0.15) is 21.7 Å². The van der Waals surface area contributed by atoms with Gasteiger partial charge in [0.15, 0.2) is 0 Å². The summed E-state index contributed by atoms with van der Waals surface area (Å²) in [6, 6.07) is 9.77. The number of rotatable bonds is 4. The van der Waals surface area contributed by atoms with Crippen molar-refractivity contribution in [3.05, 3.63) is 53.5 Å². The number of furan rings is 1. The summed E-state index contributed by atoms with van der Waals surface area (Å²) in [6.07, 6.45) is 1.52. The molecule has 0 bridgehead atoms. The van der Waals surface area contributed by atoms with Crippen LogP contribution in [0.4, 0.5) is 5.69 Å². The molecule has 0 saturated heterocycles. The Morgan fingerprint density at radius 2 is 1.89 bits per heavy atom. The molecule has 1 heterocycles. The number of hydrogen-bond donors (Lipinski definition) is 1. The average Bonchev–Trinajstić information content (AvgIpc) is 2.83. The minimum Gasteiger partial charge on any atom is -0.469 e. The highest BCUT2D eigenvalue weighted by Gasteiger charge is 2.10. The van der Waals surface area contributed by atoms with Crippen LogP contribution in [-0.4, -0.2) is 20.0 Å². The van der Waals surface area contributed by atoms with Crippen LogP contribution in [-0.2, 0) is 6.54 Å². The molecule has 0 radical (unpaired) electrons. The van der Waals surface area contributed by atoms with E-state index < -0.39 is 0 Å². The second-order valence-electron chi connectivity index (χ2n) is 4.63. The van der Waals surface area contributed by atoms with Crippen LogP contribution < -0.4 is 10.2 Å². The van der Waals surface area contributed by atoms with Gasteiger partial charge in [-0.2, -0.15) is 0 Å². The number of nitrogens with one attached hydrogen (secondary N) is 1. The lowest BCUT2D eigenvalue weighted by atomic mass is 10.2. The van der Waals surface area contributed by atoms with Crippen molar-refractivity contribution in [2.75, 3.05) is 19.0 Å². The Hall–Kier alpha value is -2.23. The Bertz CT molecular complexity index is 556. The predicted molar refractivity (Wildman–Crippen MR) is 75.4 cm³/mol. The van der Waals surface area contributed by atoms with Crippen molar-refractivity contribution in [2.24, 2.45) is 0 Å². The molecule has 0 spiro atoms. The fourth-order valence-electron chi connectivity index (χ4n) is 1.81. The molecule has 0 fully saturated rings. The van der Waals surface area contributed by atoms with E-state index in [0.717, 1.165) is 11.3 Å². The first-order valence-electron chi connectivity index (χ1n) is 6.16. The van der Waals surface area contributed by atoms with E-state index in [1.807, 2.05) is 43.3 Å². The second-order valence-corrected chi connectivity index (χ2v) is 4.63. The number of nitrogens with zero attached hydrogens (tertiary/aromatic N) is 1. The molecule has 1 aromatic heterocycles. The van der Waals surface area contributed by atoms with Crippen LogP contribution in [0.25, 0.3) is 0 Å². The third kappa shape index (κ3) is 3.16. The van der Waals surface area contributed by atoms with E-state index in [-0.39, 0.29) is 5.91 Å². The fourth-order valence-corrected chi connectivity index (χ4v) is 1.81. The minimum atomic E-state index is -0.108. The molecule has 0 atom stereocenters. The molecule has 4 nitrogen and oxygen atoms in total. The van der Waals surface area contributed by atoms with Crippen LogP contribution in [0.15, 0.2) is 41.0 Å². The molecule has 0 unspecified atom stereocenters. The van der Waals surface area contributed by atoms with Gasteiger partial charge < -0.3 is 14.6 Å². The smallest absolute Gasteiger partial charge is 0.255 e. The SMILES string of the molecule is Cc1occc1C(=O)NCc1ccc(N(C)C)cc1. The zero-order chi connectivity index (χ0) is 13.8. The van der Waals surface area contributed by atoms with Crippen LogP contribution in [0.3, 0.4) is 0 Å². The Balaban J connectivity index is 1.95. The molecule has 100 valence electrons. The lowest BCUT2D eigenvalue weighted by Crippen LogP contribution is -2.23. The molecule has 0 aliphatic heterocycles. The number of amides is 1. The van der Waals surface area contributed by atoms with Crippen molar-refractivity contribution in [3.8, 4) is 0 Å². The summed E-state index contributed by atoms with van der Waals surface area (Å²) >= 11 is 0. The monoisotopic (exact) mass is 258 g/mol. The van der Waals surface area contributed by atoms with Gasteiger partial charge in [0.05, 0.1) is 11.8 Å². The molecular weight excluding hydrogens is 240 g/mol. The first-order chi connectivity index (χ1) is 9.08. The predicted octanol–water partition coefficient (Wildman–Crippen LogP) is 2.58. The lowest BCUT2D eigenvalue weighted by molar-refractivity contribution is 0.0949. The van der Waals surface area contributed by atoms with Gasteiger partial charge in [0.2, 0.25) is 0 Å². The third-order valence-electron chi connectivity index (χ3n) is 3.01. The maximum absolute atomic E-state index is 11.9. The molecule has 1 N–H and O–H groups in total. The van der Waals surface area contributed by atoms with Gasteiger partial charge in [0.25, 0.3) is 5.91 Å². The number of aryl methyl sites for hydroxylation is 1. The molecule has 4 heteroatoms.